The minimum absolute atomic E-state index is 0.623. The Kier molecular flexibility index (Phi) is 4.21. The summed E-state index contributed by atoms with van der Waals surface area (Å²) in [6, 6.07) is 10.0. The zero-order valence-corrected chi connectivity index (χ0v) is 15.0. The standard InChI is InChI=1S/C20H21N5O2/c1-2-6-14(7-3-1)19-21-17(18-20(22-19)24-27-23-18)15-8-4-5-9-16(15)25-10-12-26-13-11-25/h1-3,6-7,9H,4-5,8,10-13H2,(H,21,22,24)/b17-15+. The summed E-state index contributed by atoms with van der Waals surface area (Å²) < 4.78 is 5.53. The van der Waals surface area contributed by atoms with Gasteiger partial charge in [0.05, 0.1) is 13.2 Å². The van der Waals surface area contributed by atoms with Crippen molar-refractivity contribution in [1.82, 2.24) is 14.9 Å². The largest absolute Gasteiger partial charge is 0.378 e. The number of nitrogens with zero attached hydrogens (tertiary/aromatic N) is 4. The normalized spacial score (nSPS) is 20.9. The maximum atomic E-state index is 5.53. The molecule has 3 heterocycles. The second kappa shape index (κ2) is 7.00. The highest BCUT2D eigenvalue weighted by Gasteiger charge is 2.23. The molecule has 0 saturated carbocycles. The molecule has 2 aromatic rings. The molecule has 1 aliphatic carbocycles. The smallest absolute Gasteiger partial charge is 0.196 e. The molecular weight excluding hydrogens is 342 g/mol. The van der Waals surface area contributed by atoms with Crippen LogP contribution in [0.15, 0.2) is 47.3 Å². The lowest BCUT2D eigenvalue weighted by Gasteiger charge is -2.33. The highest BCUT2D eigenvalue weighted by atomic mass is 16.8. The molecular formula is C20H21N5O2. The summed E-state index contributed by atoms with van der Waals surface area (Å²) in [6.45, 7) is 3.33. The van der Waals surface area contributed by atoms with Gasteiger partial charge in [0, 0.05) is 29.9 Å². The summed E-state index contributed by atoms with van der Waals surface area (Å²) in [5.74, 6) is 1.30. The Morgan fingerprint density at radius 2 is 1.89 bits per heavy atom. The van der Waals surface area contributed by atoms with Gasteiger partial charge in [-0.3, -0.25) is 4.94 Å². The van der Waals surface area contributed by atoms with Crippen molar-refractivity contribution in [2.45, 2.75) is 19.3 Å². The molecule has 1 aromatic heterocycles. The van der Waals surface area contributed by atoms with Gasteiger partial charge in [-0.05, 0) is 24.4 Å². The van der Waals surface area contributed by atoms with E-state index in [9.17, 15) is 0 Å². The monoisotopic (exact) mass is 363 g/mol. The first-order chi connectivity index (χ1) is 13.4. The average Bonchev–Trinajstić information content (AvgIpc) is 3.23. The number of benzene rings is 1. The third kappa shape index (κ3) is 3.04. The molecule has 5 rings (SSSR count). The minimum atomic E-state index is 0.623. The third-order valence-corrected chi connectivity index (χ3v) is 5.11. The molecule has 0 spiro atoms. The van der Waals surface area contributed by atoms with Crippen molar-refractivity contribution in [1.29, 1.82) is 0 Å². The van der Waals surface area contributed by atoms with E-state index in [1.165, 1.54) is 11.3 Å². The van der Waals surface area contributed by atoms with Gasteiger partial charge in [0.2, 0.25) is 0 Å². The molecule has 1 aromatic carbocycles. The number of hydrogen-bond acceptors (Lipinski definition) is 7. The number of ether oxygens (including phenoxy) is 1. The Labute approximate surface area is 157 Å². The number of morpholine rings is 1. The summed E-state index contributed by atoms with van der Waals surface area (Å²) in [6.07, 6.45) is 5.48. The molecule has 0 radical (unpaired) electrons. The van der Waals surface area contributed by atoms with Gasteiger partial charge in [0.15, 0.2) is 17.0 Å². The highest BCUT2D eigenvalue weighted by Crippen LogP contribution is 2.27. The Morgan fingerprint density at radius 3 is 2.74 bits per heavy atom. The van der Waals surface area contributed by atoms with Crippen molar-refractivity contribution >= 4 is 11.4 Å². The average molecular weight is 363 g/mol. The predicted molar refractivity (Wildman–Crippen MR) is 101 cm³/mol. The van der Waals surface area contributed by atoms with Gasteiger partial charge < -0.3 is 9.64 Å². The zero-order chi connectivity index (χ0) is 18.1. The van der Waals surface area contributed by atoms with Crippen LogP contribution in [0.1, 0.15) is 19.3 Å². The second-order valence-corrected chi connectivity index (χ2v) is 6.80. The Bertz CT molecular complexity index is 997. The molecule has 3 aliphatic rings. The van der Waals surface area contributed by atoms with Gasteiger partial charge >= 0.3 is 0 Å². The van der Waals surface area contributed by atoms with E-state index in [1.54, 1.807) is 0 Å². The first kappa shape index (κ1) is 16.3. The minimum Gasteiger partial charge on any atom is -0.378 e. The van der Waals surface area contributed by atoms with Gasteiger partial charge in [0.25, 0.3) is 0 Å². The quantitative estimate of drug-likeness (QED) is 0.874. The molecule has 0 bridgehead atoms. The zero-order valence-electron chi connectivity index (χ0n) is 15.0. The van der Waals surface area contributed by atoms with E-state index in [2.05, 4.69) is 26.6 Å². The van der Waals surface area contributed by atoms with E-state index < -0.39 is 0 Å². The first-order valence-electron chi connectivity index (χ1n) is 9.40. The van der Waals surface area contributed by atoms with E-state index in [0.29, 0.717) is 17.0 Å². The van der Waals surface area contributed by atoms with Crippen LogP contribution in [0.2, 0.25) is 0 Å². The summed E-state index contributed by atoms with van der Waals surface area (Å²) in [4.78, 5) is 17.1. The van der Waals surface area contributed by atoms with Gasteiger partial charge in [-0.1, -0.05) is 36.4 Å². The van der Waals surface area contributed by atoms with Crippen molar-refractivity contribution in [3.8, 4) is 11.4 Å². The topological polar surface area (TPSA) is 71.9 Å². The Balaban J connectivity index is 1.71. The van der Waals surface area contributed by atoms with Crippen molar-refractivity contribution < 1.29 is 9.68 Å². The van der Waals surface area contributed by atoms with E-state index in [4.69, 9.17) is 14.7 Å². The molecule has 0 amide bonds. The van der Waals surface area contributed by atoms with E-state index in [1.807, 2.05) is 30.3 Å². The van der Waals surface area contributed by atoms with Crippen molar-refractivity contribution in [2.75, 3.05) is 31.8 Å². The number of fused-ring (bicyclic) bond motifs is 1. The van der Waals surface area contributed by atoms with Crippen LogP contribution in [-0.2, 0) is 9.68 Å². The fourth-order valence-electron chi connectivity index (χ4n) is 3.78. The highest BCUT2D eigenvalue weighted by molar-refractivity contribution is 5.66. The molecule has 0 atom stereocenters. The maximum Gasteiger partial charge on any atom is 0.196 e. The van der Waals surface area contributed by atoms with Gasteiger partial charge in [0.1, 0.15) is 5.35 Å². The van der Waals surface area contributed by atoms with Crippen LogP contribution >= 0.6 is 0 Å². The van der Waals surface area contributed by atoms with Crippen LogP contribution in [0.3, 0.4) is 0 Å². The molecule has 0 unspecified atom stereocenters. The van der Waals surface area contributed by atoms with Crippen LogP contribution in [-0.4, -0.2) is 41.2 Å². The Morgan fingerprint density at radius 1 is 1.04 bits per heavy atom. The van der Waals surface area contributed by atoms with E-state index >= 15 is 0 Å². The number of nitrogens with one attached hydrogen (secondary N) is 1. The van der Waals surface area contributed by atoms with Crippen LogP contribution in [0, 0.1) is 0 Å². The van der Waals surface area contributed by atoms with Crippen LogP contribution in [0.25, 0.3) is 17.0 Å². The lowest BCUT2D eigenvalue weighted by atomic mass is 9.96. The molecule has 138 valence electrons. The van der Waals surface area contributed by atoms with E-state index in [-0.39, 0.29) is 0 Å². The number of anilines is 1. The third-order valence-electron chi connectivity index (χ3n) is 5.11. The van der Waals surface area contributed by atoms with Gasteiger partial charge in [-0.15, -0.1) is 0 Å². The summed E-state index contributed by atoms with van der Waals surface area (Å²) >= 11 is 0. The predicted octanol–water partition coefficient (Wildman–Crippen LogP) is 1.59. The molecule has 2 aliphatic heterocycles. The molecule has 1 fully saturated rings. The Hall–Kier alpha value is -2.93. The molecule has 1 N–H and O–H groups in total. The summed E-state index contributed by atoms with van der Waals surface area (Å²) in [5, 5.41) is 5.71. The van der Waals surface area contributed by atoms with Crippen LogP contribution in [0.5, 0.6) is 0 Å². The molecule has 1 saturated heterocycles. The number of hydrogen-bond donors (Lipinski definition) is 1. The molecule has 7 nitrogen and oxygen atoms in total. The van der Waals surface area contributed by atoms with Gasteiger partial charge in [-0.2, -0.15) is 5.48 Å². The van der Waals surface area contributed by atoms with E-state index in [0.717, 1.165) is 56.5 Å². The fraction of sp³-hybridized carbons (Fsp3) is 0.350. The summed E-state index contributed by atoms with van der Waals surface area (Å²) in [5.41, 5.74) is 6.25. The van der Waals surface area contributed by atoms with Gasteiger partial charge in [-0.25, -0.2) is 9.97 Å². The van der Waals surface area contributed by atoms with Crippen LogP contribution in [0.4, 0.5) is 5.82 Å². The van der Waals surface area contributed by atoms with Crippen molar-refractivity contribution in [3.63, 3.8) is 0 Å². The SMILES string of the molecule is C1=C(N2CCOCC2)/C(=c2/nc(-c3ccccc3)nc3c2=NON3)CCC1. The van der Waals surface area contributed by atoms with Crippen molar-refractivity contribution in [3.05, 3.63) is 52.8 Å². The summed E-state index contributed by atoms with van der Waals surface area (Å²) in [7, 11) is 0. The molecule has 27 heavy (non-hydrogen) atoms. The maximum absolute atomic E-state index is 5.53. The van der Waals surface area contributed by atoms with Crippen molar-refractivity contribution in [2.24, 2.45) is 5.16 Å². The second-order valence-electron chi connectivity index (χ2n) is 6.80. The number of rotatable bonds is 2. The van der Waals surface area contributed by atoms with Crippen LogP contribution < -0.4 is 16.2 Å². The lowest BCUT2D eigenvalue weighted by molar-refractivity contribution is 0.0553. The fourth-order valence-corrected chi connectivity index (χ4v) is 3.78. The number of aromatic nitrogens is 2. The molecule has 7 heteroatoms. The first-order valence-corrected chi connectivity index (χ1v) is 9.40. The lowest BCUT2D eigenvalue weighted by Crippen LogP contribution is -2.40. The number of allylic oxidation sites excluding steroid dienone is 2.